The summed E-state index contributed by atoms with van der Waals surface area (Å²) >= 11 is 3.48. The zero-order chi connectivity index (χ0) is 38.5. The maximum absolute atomic E-state index is 13.8. The minimum atomic E-state index is -3.08. The Balaban J connectivity index is 1.60. The highest BCUT2D eigenvalue weighted by Gasteiger charge is 2.58. The molecule has 0 bridgehead atoms. The smallest absolute Gasteiger partial charge is 0.423 e. The SMILES string of the molecule is CCC/C(=C\c1cc(Br)ccc1O)CC[C@@H](O)C1=C(CO[Si](c2ccccc2)(c2ccccc2)C(C)(C)C)C[C@H]2C(=O)N(C(=O)OC)C(=O)[C@H]2[C@H]1CO. The molecule has 2 aliphatic rings. The predicted octanol–water partition coefficient (Wildman–Crippen LogP) is 6.73. The van der Waals surface area contributed by atoms with Gasteiger partial charge in [0.15, 0.2) is 0 Å². The highest BCUT2D eigenvalue weighted by Crippen LogP contribution is 2.47. The van der Waals surface area contributed by atoms with Gasteiger partial charge in [0.25, 0.3) is 8.32 Å². The van der Waals surface area contributed by atoms with Gasteiger partial charge in [0, 0.05) is 16.0 Å². The van der Waals surface area contributed by atoms with Crippen LogP contribution in [0.4, 0.5) is 4.79 Å². The monoisotopic (exact) mass is 803 g/mol. The molecule has 1 aliphatic carbocycles. The number of nitrogens with zero attached hydrogens (tertiary/aromatic N) is 1. The quantitative estimate of drug-likeness (QED) is 0.0985. The molecule has 9 nitrogen and oxygen atoms in total. The number of imide groups is 3. The van der Waals surface area contributed by atoms with Crippen LogP contribution in [0.2, 0.25) is 5.04 Å². The lowest BCUT2D eigenvalue weighted by Crippen LogP contribution is -2.66. The van der Waals surface area contributed by atoms with Gasteiger partial charge in [-0.05, 0) is 70.4 Å². The molecule has 11 heteroatoms. The van der Waals surface area contributed by atoms with E-state index in [4.69, 9.17) is 9.16 Å². The van der Waals surface area contributed by atoms with E-state index < -0.39 is 56.7 Å². The molecule has 1 heterocycles. The van der Waals surface area contributed by atoms with Crippen LogP contribution in [0.15, 0.2) is 100 Å². The number of aliphatic hydroxyl groups is 2. The largest absolute Gasteiger partial charge is 0.507 e. The normalized spacial score (nSPS) is 20.1. The molecule has 282 valence electrons. The van der Waals surface area contributed by atoms with Gasteiger partial charge in [-0.3, -0.25) is 9.59 Å². The number of aromatic hydroxyl groups is 1. The average molecular weight is 805 g/mol. The van der Waals surface area contributed by atoms with Gasteiger partial charge in [-0.2, -0.15) is 4.90 Å². The minimum Gasteiger partial charge on any atom is -0.507 e. The number of allylic oxidation sites excluding steroid dienone is 1. The zero-order valence-corrected chi connectivity index (χ0v) is 33.6. The third-order valence-corrected chi connectivity index (χ3v) is 16.1. The first-order chi connectivity index (χ1) is 25.3. The van der Waals surface area contributed by atoms with E-state index in [2.05, 4.69) is 67.9 Å². The average Bonchev–Trinajstić information content (AvgIpc) is 3.39. The fourth-order valence-electron chi connectivity index (χ4n) is 8.25. The van der Waals surface area contributed by atoms with Crippen LogP contribution in [0.3, 0.4) is 0 Å². The standard InChI is InChI=1S/C42H50BrNO8Si/c1-6-13-27(22-28-23-30(43)19-21-35(28)46)18-20-36(47)37-29(24-33-38(34(37)25-45)40(49)44(39(33)48)41(50)51-5)26-52-53(42(2,3)4,31-14-9-7-10-15-31)32-16-11-8-12-17-32/h7-12,14-17,19,21-23,33-34,36,38,45-47H,6,13,18,20,24-26H2,1-5H3/b27-22+/t33-,34+,36-,38-/m1/s1. The van der Waals surface area contributed by atoms with E-state index in [9.17, 15) is 29.7 Å². The fraction of sp³-hybridized carbons (Fsp3) is 0.405. The van der Waals surface area contributed by atoms with Crippen LogP contribution in [0.5, 0.6) is 5.75 Å². The first-order valence-electron chi connectivity index (χ1n) is 18.2. The van der Waals surface area contributed by atoms with Gasteiger partial charge in [0.05, 0.1) is 38.3 Å². The molecule has 4 atom stereocenters. The number of carbonyl (C=O) groups is 3. The van der Waals surface area contributed by atoms with Crippen molar-refractivity contribution < 1.29 is 38.9 Å². The van der Waals surface area contributed by atoms with Crippen LogP contribution < -0.4 is 10.4 Å². The summed E-state index contributed by atoms with van der Waals surface area (Å²) in [5.74, 6) is -4.17. The Morgan fingerprint density at radius 2 is 1.62 bits per heavy atom. The first-order valence-corrected chi connectivity index (χ1v) is 20.9. The molecule has 3 aromatic carbocycles. The van der Waals surface area contributed by atoms with Crippen LogP contribution >= 0.6 is 15.9 Å². The van der Waals surface area contributed by atoms with Crippen molar-refractivity contribution in [2.45, 2.75) is 70.9 Å². The van der Waals surface area contributed by atoms with Crippen molar-refractivity contribution in [2.24, 2.45) is 17.8 Å². The summed E-state index contributed by atoms with van der Waals surface area (Å²) in [5, 5.41) is 35.4. The molecule has 5 rings (SSSR count). The predicted molar refractivity (Wildman–Crippen MR) is 211 cm³/mol. The number of rotatable bonds is 13. The summed E-state index contributed by atoms with van der Waals surface area (Å²) in [6.07, 6.45) is 2.16. The topological polar surface area (TPSA) is 134 Å². The molecular formula is C42H50BrNO8Si. The molecule has 1 fully saturated rings. The number of aliphatic hydroxyl groups excluding tert-OH is 2. The van der Waals surface area contributed by atoms with Crippen molar-refractivity contribution in [3.8, 4) is 5.75 Å². The van der Waals surface area contributed by atoms with E-state index >= 15 is 0 Å². The molecule has 0 radical (unpaired) electrons. The van der Waals surface area contributed by atoms with Gasteiger partial charge >= 0.3 is 6.09 Å². The number of hydrogen-bond acceptors (Lipinski definition) is 8. The lowest BCUT2D eigenvalue weighted by molar-refractivity contribution is -0.137. The molecule has 0 spiro atoms. The van der Waals surface area contributed by atoms with Gasteiger partial charge in [-0.25, -0.2) is 4.79 Å². The molecule has 0 unspecified atom stereocenters. The number of phenols is 1. The van der Waals surface area contributed by atoms with Crippen molar-refractivity contribution in [1.82, 2.24) is 4.90 Å². The van der Waals surface area contributed by atoms with Crippen LogP contribution in [0.25, 0.3) is 6.08 Å². The van der Waals surface area contributed by atoms with Gasteiger partial charge in [-0.1, -0.05) is 122 Å². The molecule has 1 aliphatic heterocycles. The Morgan fingerprint density at radius 3 is 2.17 bits per heavy atom. The summed E-state index contributed by atoms with van der Waals surface area (Å²) < 4.78 is 12.9. The van der Waals surface area contributed by atoms with Crippen molar-refractivity contribution in [1.29, 1.82) is 0 Å². The highest BCUT2D eigenvalue weighted by atomic mass is 79.9. The van der Waals surface area contributed by atoms with Crippen LogP contribution in [0, 0.1) is 17.8 Å². The Morgan fingerprint density at radius 1 is 1.00 bits per heavy atom. The third-order valence-electron chi connectivity index (χ3n) is 10.6. The van der Waals surface area contributed by atoms with E-state index in [1.165, 1.54) is 0 Å². The summed E-state index contributed by atoms with van der Waals surface area (Å²) in [4.78, 5) is 40.7. The third kappa shape index (κ3) is 8.14. The second-order valence-electron chi connectivity index (χ2n) is 14.9. The number of fused-ring (bicyclic) bond motifs is 1. The van der Waals surface area contributed by atoms with Gasteiger partial charge in [0.1, 0.15) is 5.75 Å². The second-order valence-corrected chi connectivity index (χ2v) is 20.1. The Kier molecular flexibility index (Phi) is 13.0. The summed E-state index contributed by atoms with van der Waals surface area (Å²) in [5.41, 5.74) is 2.79. The molecule has 1 saturated heterocycles. The Labute approximate surface area is 321 Å². The van der Waals surface area contributed by atoms with Crippen molar-refractivity contribution in [3.63, 3.8) is 0 Å². The van der Waals surface area contributed by atoms with Crippen molar-refractivity contribution in [2.75, 3.05) is 20.3 Å². The summed E-state index contributed by atoms with van der Waals surface area (Å²) in [6.45, 7) is 8.07. The summed E-state index contributed by atoms with van der Waals surface area (Å²) in [7, 11) is -1.97. The zero-order valence-electron chi connectivity index (χ0n) is 31.1. The number of likely N-dealkylation sites (tertiary alicyclic amines) is 1. The highest BCUT2D eigenvalue weighted by molar-refractivity contribution is 9.10. The first kappa shape index (κ1) is 40.3. The fourth-order valence-corrected chi connectivity index (χ4v) is 13.2. The van der Waals surface area contributed by atoms with Gasteiger partial charge < -0.3 is 24.5 Å². The number of hydrogen-bond donors (Lipinski definition) is 3. The van der Waals surface area contributed by atoms with Crippen LogP contribution in [-0.2, 0) is 18.8 Å². The number of phenolic OH excluding ortho intramolecular Hbond substituents is 1. The maximum Gasteiger partial charge on any atom is 0.423 e. The molecule has 0 saturated carbocycles. The van der Waals surface area contributed by atoms with Gasteiger partial charge in [-0.15, -0.1) is 0 Å². The van der Waals surface area contributed by atoms with Gasteiger partial charge in [0.2, 0.25) is 11.8 Å². The molecule has 3 N–H and O–H groups in total. The van der Waals surface area contributed by atoms with E-state index in [0.717, 1.165) is 40.4 Å². The van der Waals surface area contributed by atoms with Crippen molar-refractivity contribution >= 4 is 58.6 Å². The Hall–Kier alpha value is -3.87. The van der Waals surface area contributed by atoms with E-state index in [0.29, 0.717) is 28.0 Å². The number of halogens is 1. The van der Waals surface area contributed by atoms with E-state index in [-0.39, 0.29) is 30.2 Å². The number of amides is 3. The van der Waals surface area contributed by atoms with Crippen LogP contribution in [0.1, 0.15) is 65.4 Å². The maximum atomic E-state index is 13.8. The van der Waals surface area contributed by atoms with E-state index in [1.807, 2.05) is 48.5 Å². The number of carbonyl (C=O) groups excluding carboxylic acids is 3. The lowest BCUT2D eigenvalue weighted by atomic mass is 9.68. The Bertz CT molecular complexity index is 1820. The minimum absolute atomic E-state index is 0.0443. The molecule has 53 heavy (non-hydrogen) atoms. The van der Waals surface area contributed by atoms with Crippen LogP contribution in [-0.4, -0.2) is 72.9 Å². The lowest BCUT2D eigenvalue weighted by Gasteiger charge is -2.44. The number of ether oxygens (including phenoxy) is 1. The molecule has 3 amide bonds. The second kappa shape index (κ2) is 17.1. The number of methoxy groups -OCH3 is 1. The molecular weight excluding hydrogens is 754 g/mol. The van der Waals surface area contributed by atoms with E-state index in [1.54, 1.807) is 12.1 Å². The molecule has 0 aromatic heterocycles. The summed E-state index contributed by atoms with van der Waals surface area (Å²) in [6, 6.07) is 25.5. The number of benzene rings is 3. The molecule has 3 aromatic rings. The van der Waals surface area contributed by atoms with Crippen molar-refractivity contribution in [3.05, 3.63) is 106 Å².